The molecule has 0 radical (unpaired) electrons. The Bertz CT molecular complexity index is 504. The zero-order valence-electron chi connectivity index (χ0n) is 13.1. The van der Waals surface area contributed by atoms with E-state index in [0.29, 0.717) is 18.9 Å². The number of hydrogen-bond donors (Lipinski definition) is 0. The first-order valence-corrected chi connectivity index (χ1v) is 10.6. The van der Waals surface area contributed by atoms with Crippen LogP contribution in [-0.2, 0) is 14.0 Å². The summed E-state index contributed by atoms with van der Waals surface area (Å²) in [6.45, 7) is 8.87. The number of carbonyl (C=O) groups is 1. The standard InChI is InChI=1S/C16H24O3Si/c1-12(19-20(3,4)5)14-8-7-13-11-15(17)16(13,14)9-6-10-18-2/h13H,7-8,10-11H2,1-5H3/b14-12-/t13-,16+/m0/s1. The third-order valence-electron chi connectivity index (χ3n) is 4.09. The zero-order valence-corrected chi connectivity index (χ0v) is 14.1. The molecule has 0 aliphatic heterocycles. The van der Waals surface area contributed by atoms with Crippen LogP contribution in [0.3, 0.4) is 0 Å². The number of rotatable bonds is 3. The number of allylic oxidation sites excluding steroid dienone is 2. The van der Waals surface area contributed by atoms with Crippen LogP contribution < -0.4 is 0 Å². The summed E-state index contributed by atoms with van der Waals surface area (Å²) in [6, 6.07) is 0. The second-order valence-electron chi connectivity index (χ2n) is 6.65. The van der Waals surface area contributed by atoms with Crippen LogP contribution in [-0.4, -0.2) is 27.8 Å². The lowest BCUT2D eigenvalue weighted by Crippen LogP contribution is -2.47. The quantitative estimate of drug-likeness (QED) is 0.455. The van der Waals surface area contributed by atoms with Crippen LogP contribution >= 0.6 is 0 Å². The van der Waals surface area contributed by atoms with E-state index in [9.17, 15) is 4.79 Å². The summed E-state index contributed by atoms with van der Waals surface area (Å²) in [5, 5.41) is 0. The second-order valence-corrected chi connectivity index (χ2v) is 11.1. The summed E-state index contributed by atoms with van der Waals surface area (Å²) in [5.41, 5.74) is 0.576. The van der Waals surface area contributed by atoms with E-state index in [0.717, 1.165) is 24.2 Å². The van der Waals surface area contributed by atoms with Crippen molar-refractivity contribution in [3.8, 4) is 11.8 Å². The van der Waals surface area contributed by atoms with Crippen molar-refractivity contribution >= 4 is 14.1 Å². The predicted molar refractivity (Wildman–Crippen MR) is 81.6 cm³/mol. The lowest BCUT2D eigenvalue weighted by molar-refractivity contribution is -0.135. The molecular formula is C16H24O3Si. The minimum atomic E-state index is -1.65. The minimum Gasteiger partial charge on any atom is -0.548 e. The fraction of sp³-hybridized carbons (Fsp3) is 0.688. The number of methoxy groups -OCH3 is 1. The van der Waals surface area contributed by atoms with Crippen molar-refractivity contribution in [3.63, 3.8) is 0 Å². The molecule has 4 heteroatoms. The number of ketones is 1. The predicted octanol–water partition coefficient (Wildman–Crippen LogP) is 3.13. The lowest BCUT2D eigenvalue weighted by Gasteiger charge is -2.40. The lowest BCUT2D eigenvalue weighted by atomic mass is 9.59. The van der Waals surface area contributed by atoms with Gasteiger partial charge in [0.15, 0.2) is 5.78 Å². The largest absolute Gasteiger partial charge is 0.548 e. The highest BCUT2D eigenvalue weighted by atomic mass is 28.4. The molecule has 2 fully saturated rings. The van der Waals surface area contributed by atoms with Crippen LogP contribution in [0.4, 0.5) is 0 Å². The molecule has 2 rings (SSSR count). The zero-order chi connectivity index (χ0) is 15.0. The van der Waals surface area contributed by atoms with Crippen molar-refractivity contribution in [1.82, 2.24) is 0 Å². The Kier molecular flexibility index (Phi) is 4.13. The average Bonchev–Trinajstić information content (AvgIpc) is 2.61. The van der Waals surface area contributed by atoms with Gasteiger partial charge in [-0.3, -0.25) is 4.79 Å². The van der Waals surface area contributed by atoms with Crippen molar-refractivity contribution in [2.45, 2.75) is 45.8 Å². The van der Waals surface area contributed by atoms with Gasteiger partial charge in [0.25, 0.3) is 0 Å². The van der Waals surface area contributed by atoms with Gasteiger partial charge in [-0.2, -0.15) is 0 Å². The van der Waals surface area contributed by atoms with Crippen molar-refractivity contribution in [2.24, 2.45) is 11.3 Å². The van der Waals surface area contributed by atoms with E-state index in [2.05, 4.69) is 31.5 Å². The molecular weight excluding hydrogens is 268 g/mol. The molecule has 0 aromatic rings. The van der Waals surface area contributed by atoms with Crippen molar-refractivity contribution in [2.75, 3.05) is 13.7 Å². The molecule has 0 saturated heterocycles. The fourth-order valence-corrected chi connectivity index (χ4v) is 4.39. The first kappa shape index (κ1) is 15.3. The Labute approximate surface area is 122 Å². The fourth-order valence-electron chi connectivity index (χ4n) is 3.35. The molecule has 0 unspecified atom stereocenters. The monoisotopic (exact) mass is 292 g/mol. The number of ether oxygens (including phenoxy) is 1. The summed E-state index contributed by atoms with van der Waals surface area (Å²) in [6.07, 6.45) is 2.66. The number of Topliss-reactive ketones (excluding diaryl/α,β-unsaturated/α-hetero) is 1. The maximum absolute atomic E-state index is 12.3. The third kappa shape index (κ3) is 2.57. The van der Waals surface area contributed by atoms with Gasteiger partial charge in [0.2, 0.25) is 8.32 Å². The highest BCUT2D eigenvalue weighted by molar-refractivity contribution is 6.70. The van der Waals surface area contributed by atoms with Gasteiger partial charge in [0.1, 0.15) is 12.0 Å². The van der Waals surface area contributed by atoms with E-state index in [-0.39, 0.29) is 5.78 Å². The summed E-state index contributed by atoms with van der Waals surface area (Å²) < 4.78 is 11.1. The average molecular weight is 292 g/mol. The highest BCUT2D eigenvalue weighted by Crippen LogP contribution is 2.58. The van der Waals surface area contributed by atoms with Gasteiger partial charge in [-0.15, -0.1) is 0 Å². The van der Waals surface area contributed by atoms with Crippen molar-refractivity contribution in [1.29, 1.82) is 0 Å². The molecule has 0 bridgehead atoms. The van der Waals surface area contributed by atoms with Crippen LogP contribution in [0.5, 0.6) is 0 Å². The Balaban J connectivity index is 2.36. The van der Waals surface area contributed by atoms with Gasteiger partial charge in [-0.25, -0.2) is 0 Å². The van der Waals surface area contributed by atoms with Crippen LogP contribution in [0.1, 0.15) is 26.2 Å². The first-order chi connectivity index (χ1) is 9.31. The van der Waals surface area contributed by atoms with E-state index < -0.39 is 13.7 Å². The van der Waals surface area contributed by atoms with Gasteiger partial charge in [0, 0.05) is 13.5 Å². The molecule has 110 valence electrons. The van der Waals surface area contributed by atoms with Gasteiger partial charge >= 0.3 is 0 Å². The number of carbonyl (C=O) groups excluding carboxylic acids is 1. The first-order valence-electron chi connectivity index (χ1n) is 7.23. The van der Waals surface area contributed by atoms with Gasteiger partial charge in [-0.1, -0.05) is 11.8 Å². The van der Waals surface area contributed by atoms with E-state index in [1.54, 1.807) is 7.11 Å². The normalized spacial score (nSPS) is 31.1. The van der Waals surface area contributed by atoms with Gasteiger partial charge < -0.3 is 9.16 Å². The molecule has 0 N–H and O–H groups in total. The Hall–Kier alpha value is -1.05. The van der Waals surface area contributed by atoms with E-state index in [4.69, 9.17) is 9.16 Å². The summed E-state index contributed by atoms with van der Waals surface area (Å²) in [5.74, 6) is 7.80. The van der Waals surface area contributed by atoms with E-state index in [1.165, 1.54) is 0 Å². The van der Waals surface area contributed by atoms with Crippen LogP contribution in [0, 0.1) is 23.2 Å². The molecule has 2 atom stereocenters. The van der Waals surface area contributed by atoms with Crippen LogP contribution in [0.15, 0.2) is 11.3 Å². The summed E-state index contributed by atoms with van der Waals surface area (Å²) in [7, 11) is -0.0281. The molecule has 0 aromatic carbocycles. The van der Waals surface area contributed by atoms with Crippen LogP contribution in [0.2, 0.25) is 19.6 Å². The van der Waals surface area contributed by atoms with E-state index >= 15 is 0 Å². The third-order valence-corrected chi connectivity index (χ3v) is 5.01. The maximum Gasteiger partial charge on any atom is 0.241 e. The number of hydrogen-bond acceptors (Lipinski definition) is 3. The second kappa shape index (κ2) is 5.38. The van der Waals surface area contributed by atoms with Gasteiger partial charge in [-0.05, 0) is 50.9 Å². The smallest absolute Gasteiger partial charge is 0.241 e. The number of fused-ring (bicyclic) bond motifs is 1. The highest BCUT2D eigenvalue weighted by Gasteiger charge is 2.60. The van der Waals surface area contributed by atoms with Gasteiger partial charge in [0.05, 0.1) is 5.76 Å². The summed E-state index contributed by atoms with van der Waals surface area (Å²) in [4.78, 5) is 12.3. The maximum atomic E-state index is 12.3. The Morgan fingerprint density at radius 1 is 1.45 bits per heavy atom. The van der Waals surface area contributed by atoms with E-state index in [1.807, 2.05) is 6.92 Å². The van der Waals surface area contributed by atoms with Crippen molar-refractivity contribution in [3.05, 3.63) is 11.3 Å². The Morgan fingerprint density at radius 3 is 2.70 bits per heavy atom. The summed E-state index contributed by atoms with van der Waals surface area (Å²) >= 11 is 0. The molecule has 3 nitrogen and oxygen atoms in total. The molecule has 2 saturated carbocycles. The van der Waals surface area contributed by atoms with Crippen LogP contribution in [0.25, 0.3) is 0 Å². The topological polar surface area (TPSA) is 35.5 Å². The molecule has 0 heterocycles. The Morgan fingerprint density at radius 2 is 2.15 bits per heavy atom. The molecule has 2 aliphatic rings. The molecule has 0 aromatic heterocycles. The molecule has 0 amide bonds. The molecule has 0 spiro atoms. The minimum absolute atomic E-state index is 0.261. The SMILES string of the molecule is COCC#C[C@@]12C(=O)C[C@@H]1CC/C2=C(\C)O[Si](C)(C)C. The van der Waals surface area contributed by atoms with Crippen molar-refractivity contribution < 1.29 is 14.0 Å². The molecule has 2 aliphatic carbocycles. The molecule has 20 heavy (non-hydrogen) atoms.